The smallest absolute Gasteiger partial charge is 0.274 e. The highest BCUT2D eigenvalue weighted by atomic mass is 32.2. The number of hydrogen-bond donors (Lipinski definition) is 1. The van der Waals surface area contributed by atoms with Gasteiger partial charge in [0, 0.05) is 35.7 Å². The fourth-order valence-corrected chi connectivity index (χ4v) is 2.83. The van der Waals surface area contributed by atoms with Gasteiger partial charge in [0.2, 0.25) is 0 Å². The first-order chi connectivity index (χ1) is 11.1. The maximum absolute atomic E-state index is 12.2. The summed E-state index contributed by atoms with van der Waals surface area (Å²) in [6.45, 7) is 1.86. The summed E-state index contributed by atoms with van der Waals surface area (Å²) in [5.74, 6) is -0.210. The molecule has 0 bridgehead atoms. The van der Waals surface area contributed by atoms with Crippen LogP contribution in [0.15, 0.2) is 64.9 Å². The van der Waals surface area contributed by atoms with Crippen LogP contribution in [0.25, 0.3) is 0 Å². The molecule has 116 valence electrons. The quantitative estimate of drug-likeness (QED) is 0.797. The van der Waals surface area contributed by atoms with Crippen molar-refractivity contribution in [2.45, 2.75) is 17.0 Å². The van der Waals surface area contributed by atoms with Crippen molar-refractivity contribution in [1.29, 1.82) is 0 Å². The van der Waals surface area contributed by atoms with Gasteiger partial charge in [-0.2, -0.15) is 0 Å². The Morgan fingerprint density at radius 1 is 1.17 bits per heavy atom. The maximum atomic E-state index is 12.2. The zero-order chi connectivity index (χ0) is 16.2. The topological polar surface area (TPSA) is 59.8 Å². The number of anilines is 1. The summed E-state index contributed by atoms with van der Waals surface area (Å²) >= 11 is 1.57. The van der Waals surface area contributed by atoms with Crippen LogP contribution in [0.1, 0.15) is 16.2 Å². The minimum atomic E-state index is -0.210. The summed E-state index contributed by atoms with van der Waals surface area (Å²) < 4.78 is 1.96. The molecule has 5 nitrogen and oxygen atoms in total. The number of carbonyl (C=O) groups is 1. The number of aromatic nitrogens is 3. The number of nitrogens with one attached hydrogen (secondary N) is 1. The first-order valence-corrected chi connectivity index (χ1v) is 7.94. The first-order valence-electron chi connectivity index (χ1n) is 7.12. The van der Waals surface area contributed by atoms with Crippen LogP contribution < -0.4 is 5.32 Å². The fraction of sp³-hybridized carbons (Fsp3) is 0.118. The molecule has 3 aromatic rings. The number of carbonyl (C=O) groups excluding carboxylic acids is 1. The minimum absolute atomic E-state index is 0.210. The van der Waals surface area contributed by atoms with E-state index in [-0.39, 0.29) is 5.91 Å². The van der Waals surface area contributed by atoms with Crippen molar-refractivity contribution in [3.63, 3.8) is 0 Å². The van der Waals surface area contributed by atoms with Crippen molar-refractivity contribution in [3.05, 3.63) is 66.2 Å². The van der Waals surface area contributed by atoms with Crippen molar-refractivity contribution in [1.82, 2.24) is 14.5 Å². The lowest BCUT2D eigenvalue weighted by Gasteiger charge is -2.06. The van der Waals surface area contributed by atoms with E-state index in [1.807, 2.05) is 61.1 Å². The summed E-state index contributed by atoms with van der Waals surface area (Å²) in [7, 11) is 1.96. The Morgan fingerprint density at radius 3 is 2.61 bits per heavy atom. The van der Waals surface area contributed by atoms with Gasteiger partial charge in [0.15, 0.2) is 5.16 Å². The van der Waals surface area contributed by atoms with Gasteiger partial charge in [-0.1, -0.05) is 17.8 Å². The third-order valence-electron chi connectivity index (χ3n) is 3.22. The SMILES string of the molecule is Cc1cccc(C(=O)Nc2ccc(Sc3nccn3C)cc2)n1. The van der Waals surface area contributed by atoms with E-state index in [0.29, 0.717) is 5.69 Å². The third-order valence-corrected chi connectivity index (χ3v) is 4.30. The molecule has 0 saturated heterocycles. The van der Waals surface area contributed by atoms with Crippen LogP contribution in [-0.4, -0.2) is 20.4 Å². The van der Waals surface area contributed by atoms with Crippen LogP contribution in [0.2, 0.25) is 0 Å². The molecule has 1 aromatic carbocycles. The highest BCUT2D eigenvalue weighted by molar-refractivity contribution is 7.99. The minimum Gasteiger partial charge on any atom is -0.329 e. The third kappa shape index (κ3) is 3.78. The highest BCUT2D eigenvalue weighted by Crippen LogP contribution is 2.26. The Labute approximate surface area is 138 Å². The largest absolute Gasteiger partial charge is 0.329 e. The van der Waals surface area contributed by atoms with E-state index in [4.69, 9.17) is 0 Å². The number of imidazole rings is 1. The maximum Gasteiger partial charge on any atom is 0.274 e. The van der Waals surface area contributed by atoms with Gasteiger partial charge in [0.1, 0.15) is 5.69 Å². The number of pyridine rings is 1. The Balaban J connectivity index is 1.68. The predicted octanol–water partition coefficient (Wildman–Crippen LogP) is 3.53. The molecule has 0 atom stereocenters. The molecule has 0 aliphatic carbocycles. The van der Waals surface area contributed by atoms with E-state index in [1.54, 1.807) is 24.0 Å². The van der Waals surface area contributed by atoms with Gasteiger partial charge in [-0.05, 0) is 43.3 Å². The molecule has 0 spiro atoms. The van der Waals surface area contributed by atoms with Gasteiger partial charge in [-0.25, -0.2) is 9.97 Å². The molecule has 3 rings (SSSR count). The average Bonchev–Trinajstić information content (AvgIpc) is 2.94. The monoisotopic (exact) mass is 324 g/mol. The summed E-state index contributed by atoms with van der Waals surface area (Å²) in [5, 5.41) is 3.77. The molecule has 0 saturated carbocycles. The molecule has 0 radical (unpaired) electrons. The van der Waals surface area contributed by atoms with Crippen molar-refractivity contribution in [2.75, 3.05) is 5.32 Å². The second-order valence-corrected chi connectivity index (χ2v) is 6.11. The first kappa shape index (κ1) is 15.3. The van der Waals surface area contributed by atoms with Crippen LogP contribution in [0.5, 0.6) is 0 Å². The lowest BCUT2D eigenvalue weighted by atomic mass is 10.2. The number of nitrogens with zero attached hydrogens (tertiary/aromatic N) is 3. The molecule has 2 heterocycles. The summed E-state index contributed by atoms with van der Waals surface area (Å²) in [4.78, 5) is 21.7. The Morgan fingerprint density at radius 2 is 1.96 bits per heavy atom. The summed E-state index contributed by atoms with van der Waals surface area (Å²) in [6.07, 6.45) is 3.68. The fourth-order valence-electron chi connectivity index (χ4n) is 2.03. The standard InChI is InChI=1S/C17H16N4OS/c1-12-4-3-5-15(19-12)16(22)20-13-6-8-14(9-7-13)23-17-18-10-11-21(17)2/h3-11H,1-2H3,(H,20,22). The zero-order valence-electron chi connectivity index (χ0n) is 12.9. The van der Waals surface area contributed by atoms with Crippen LogP contribution in [0.4, 0.5) is 5.69 Å². The molecule has 2 aromatic heterocycles. The van der Waals surface area contributed by atoms with Crippen LogP contribution in [-0.2, 0) is 7.05 Å². The average molecular weight is 324 g/mol. The molecule has 0 unspecified atom stereocenters. The lowest BCUT2D eigenvalue weighted by molar-refractivity contribution is 0.102. The van der Waals surface area contributed by atoms with Crippen molar-refractivity contribution in [3.8, 4) is 0 Å². The molecule has 6 heteroatoms. The molecular formula is C17H16N4OS. The van der Waals surface area contributed by atoms with Gasteiger partial charge >= 0.3 is 0 Å². The second kappa shape index (κ2) is 6.66. The number of hydrogen-bond acceptors (Lipinski definition) is 4. The normalized spacial score (nSPS) is 10.5. The van der Waals surface area contributed by atoms with E-state index < -0.39 is 0 Å². The predicted molar refractivity (Wildman–Crippen MR) is 90.7 cm³/mol. The number of rotatable bonds is 4. The molecule has 1 amide bonds. The molecule has 0 aliphatic heterocycles. The van der Waals surface area contributed by atoms with Crippen LogP contribution >= 0.6 is 11.8 Å². The van der Waals surface area contributed by atoms with E-state index in [2.05, 4.69) is 15.3 Å². The summed E-state index contributed by atoms with van der Waals surface area (Å²) in [6, 6.07) is 13.0. The van der Waals surface area contributed by atoms with Gasteiger partial charge < -0.3 is 9.88 Å². The van der Waals surface area contributed by atoms with Crippen molar-refractivity contribution in [2.24, 2.45) is 7.05 Å². The van der Waals surface area contributed by atoms with Crippen LogP contribution in [0.3, 0.4) is 0 Å². The zero-order valence-corrected chi connectivity index (χ0v) is 13.7. The molecule has 0 fully saturated rings. The van der Waals surface area contributed by atoms with Crippen LogP contribution in [0, 0.1) is 6.92 Å². The molecule has 1 N–H and O–H groups in total. The Hall–Kier alpha value is -2.60. The number of aryl methyl sites for hydroxylation is 2. The van der Waals surface area contributed by atoms with Gasteiger partial charge in [-0.15, -0.1) is 0 Å². The van der Waals surface area contributed by atoms with E-state index in [0.717, 1.165) is 21.4 Å². The second-order valence-electron chi connectivity index (χ2n) is 5.07. The van der Waals surface area contributed by atoms with Gasteiger partial charge in [-0.3, -0.25) is 4.79 Å². The lowest BCUT2D eigenvalue weighted by Crippen LogP contribution is -2.13. The highest BCUT2D eigenvalue weighted by Gasteiger charge is 2.08. The molecular weight excluding hydrogens is 308 g/mol. The number of amides is 1. The Bertz CT molecular complexity index is 827. The molecule has 0 aliphatic rings. The van der Waals surface area contributed by atoms with Crippen molar-refractivity contribution < 1.29 is 4.79 Å². The van der Waals surface area contributed by atoms with E-state index >= 15 is 0 Å². The summed E-state index contributed by atoms with van der Waals surface area (Å²) in [5.41, 5.74) is 1.97. The number of benzene rings is 1. The van der Waals surface area contributed by atoms with Gasteiger partial charge in [0.05, 0.1) is 0 Å². The molecule has 23 heavy (non-hydrogen) atoms. The van der Waals surface area contributed by atoms with Crippen molar-refractivity contribution >= 4 is 23.4 Å². The Kier molecular flexibility index (Phi) is 4.43. The van der Waals surface area contributed by atoms with E-state index in [1.165, 1.54) is 0 Å². The van der Waals surface area contributed by atoms with E-state index in [9.17, 15) is 4.79 Å². The van der Waals surface area contributed by atoms with Gasteiger partial charge in [0.25, 0.3) is 5.91 Å².